The van der Waals surface area contributed by atoms with Crippen molar-refractivity contribution in [3.8, 4) is 0 Å². The molecule has 5 nitrogen and oxygen atoms in total. The van der Waals surface area contributed by atoms with Crippen LogP contribution in [0.2, 0.25) is 0 Å². The lowest BCUT2D eigenvalue weighted by Crippen LogP contribution is -2.50. The van der Waals surface area contributed by atoms with Crippen molar-refractivity contribution in [3.05, 3.63) is 0 Å². The standard InChI is InChI=1S/C4H11NO3.C3H11NSi/c5-4(1-6,2-7)3-8;1-4(2)3-5/h6-8H,1-3,5H2;3H2,1-2,5H3. The molecule has 6 heteroatoms. The van der Waals surface area contributed by atoms with Crippen molar-refractivity contribution in [2.45, 2.75) is 5.54 Å². The van der Waals surface area contributed by atoms with Crippen LogP contribution in [0.25, 0.3) is 0 Å². The van der Waals surface area contributed by atoms with Crippen LogP contribution in [0.1, 0.15) is 0 Å². The summed E-state index contributed by atoms with van der Waals surface area (Å²) in [4.78, 5) is 2.19. The molecule has 0 aromatic heterocycles. The van der Waals surface area contributed by atoms with Crippen molar-refractivity contribution in [1.82, 2.24) is 4.90 Å². The number of rotatable bonds is 4. The molecule has 0 saturated heterocycles. The number of aliphatic hydroxyl groups is 3. The van der Waals surface area contributed by atoms with Crippen LogP contribution in [0.3, 0.4) is 0 Å². The first kappa shape index (κ1) is 15.5. The highest BCUT2D eigenvalue weighted by molar-refractivity contribution is 6.08. The van der Waals surface area contributed by atoms with Crippen LogP contribution < -0.4 is 5.73 Å². The SMILES string of the molecule is CN(C)C[SiH3].NC(CO)(CO)CO. The predicted octanol–water partition coefficient (Wildman–Crippen LogP) is -3.47. The Morgan fingerprint density at radius 1 is 1.15 bits per heavy atom. The van der Waals surface area contributed by atoms with Crippen molar-refractivity contribution in [2.75, 3.05) is 40.1 Å². The van der Waals surface area contributed by atoms with Crippen LogP contribution in [0, 0.1) is 0 Å². The molecule has 0 heterocycles. The zero-order valence-electron chi connectivity index (χ0n) is 8.69. The van der Waals surface area contributed by atoms with Gasteiger partial charge in [-0.15, -0.1) is 0 Å². The summed E-state index contributed by atoms with van der Waals surface area (Å²) in [6, 6.07) is 0. The van der Waals surface area contributed by atoms with Crippen LogP contribution in [0.4, 0.5) is 0 Å². The lowest BCUT2D eigenvalue weighted by Gasteiger charge is -2.20. The third-order valence-corrected chi connectivity index (χ3v) is 2.84. The van der Waals surface area contributed by atoms with Gasteiger partial charge in [0.25, 0.3) is 0 Å². The van der Waals surface area contributed by atoms with E-state index in [2.05, 4.69) is 19.0 Å². The van der Waals surface area contributed by atoms with Gasteiger partial charge >= 0.3 is 0 Å². The van der Waals surface area contributed by atoms with Crippen molar-refractivity contribution in [3.63, 3.8) is 0 Å². The summed E-state index contributed by atoms with van der Waals surface area (Å²) >= 11 is 0. The first-order valence-corrected chi connectivity index (χ1v) is 5.63. The van der Waals surface area contributed by atoms with Gasteiger partial charge in [-0.3, -0.25) is 0 Å². The molecule has 5 N–H and O–H groups in total. The molecule has 0 rings (SSSR count). The molecule has 0 aromatic carbocycles. The molecule has 0 aliphatic carbocycles. The third-order valence-electron chi connectivity index (χ3n) is 1.58. The van der Waals surface area contributed by atoms with E-state index >= 15 is 0 Å². The largest absolute Gasteiger partial charge is 0.394 e. The van der Waals surface area contributed by atoms with Gasteiger partial charge in [0.05, 0.1) is 25.4 Å². The fourth-order valence-corrected chi connectivity index (χ4v) is 0.150. The quantitative estimate of drug-likeness (QED) is 0.362. The number of aliphatic hydroxyl groups excluding tert-OH is 3. The molecule has 0 atom stereocenters. The van der Waals surface area contributed by atoms with Crippen LogP contribution in [-0.4, -0.2) is 76.1 Å². The molecule has 0 aliphatic rings. The molecule has 0 aromatic rings. The molecule has 82 valence electrons. The Balaban J connectivity index is 0. The van der Waals surface area contributed by atoms with Crippen LogP contribution in [0.5, 0.6) is 0 Å². The first-order chi connectivity index (χ1) is 5.95. The van der Waals surface area contributed by atoms with Gasteiger partial charge in [0.15, 0.2) is 0 Å². The fourth-order valence-electron chi connectivity index (χ4n) is 0.150. The highest BCUT2D eigenvalue weighted by Gasteiger charge is 2.20. The highest BCUT2D eigenvalue weighted by atomic mass is 28.1. The Bertz CT molecular complexity index is 102. The Kier molecular flexibility index (Phi) is 10.3. The smallest absolute Gasteiger partial charge is 0.0856 e. The van der Waals surface area contributed by atoms with Gasteiger partial charge in [0.1, 0.15) is 0 Å². The Morgan fingerprint density at radius 3 is 1.38 bits per heavy atom. The average Bonchev–Trinajstić information content (AvgIpc) is 2.17. The minimum Gasteiger partial charge on any atom is -0.394 e. The molecular weight excluding hydrogens is 188 g/mol. The van der Waals surface area contributed by atoms with E-state index in [-0.39, 0.29) is 0 Å². The summed E-state index contributed by atoms with van der Waals surface area (Å²) in [5.74, 6) is 0. The lowest BCUT2D eigenvalue weighted by atomic mass is 10.1. The monoisotopic (exact) mass is 210 g/mol. The van der Waals surface area contributed by atoms with Gasteiger partial charge in [0, 0.05) is 10.2 Å². The summed E-state index contributed by atoms with van der Waals surface area (Å²) < 4.78 is 0. The second-order valence-electron chi connectivity index (χ2n) is 3.23. The molecule has 0 bridgehead atoms. The van der Waals surface area contributed by atoms with Crippen LogP contribution >= 0.6 is 0 Å². The average molecular weight is 210 g/mol. The lowest BCUT2D eigenvalue weighted by molar-refractivity contribution is 0.0698. The molecule has 0 amide bonds. The zero-order chi connectivity index (χ0) is 10.9. The second-order valence-corrected chi connectivity index (χ2v) is 3.87. The van der Waals surface area contributed by atoms with Crippen LogP contribution in [-0.2, 0) is 0 Å². The molecule has 0 spiro atoms. The number of hydrogen-bond acceptors (Lipinski definition) is 5. The van der Waals surface area contributed by atoms with E-state index in [9.17, 15) is 0 Å². The summed E-state index contributed by atoms with van der Waals surface area (Å²) in [7, 11) is 5.48. The predicted molar refractivity (Wildman–Crippen MR) is 56.7 cm³/mol. The molecule has 0 unspecified atom stereocenters. The van der Waals surface area contributed by atoms with Gasteiger partial charge < -0.3 is 26.0 Å². The van der Waals surface area contributed by atoms with Crippen molar-refractivity contribution < 1.29 is 15.3 Å². The van der Waals surface area contributed by atoms with Gasteiger partial charge in [0.2, 0.25) is 0 Å². The highest BCUT2D eigenvalue weighted by Crippen LogP contribution is 1.93. The molecule has 0 fully saturated rings. The second kappa shape index (κ2) is 8.61. The minimum atomic E-state index is -1.21. The van der Waals surface area contributed by atoms with Crippen molar-refractivity contribution in [1.29, 1.82) is 0 Å². The summed E-state index contributed by atoms with van der Waals surface area (Å²) in [5, 5.41) is 25.0. The van der Waals surface area contributed by atoms with Gasteiger partial charge in [-0.2, -0.15) is 0 Å². The van der Waals surface area contributed by atoms with Gasteiger partial charge in [-0.05, 0) is 20.3 Å². The van der Waals surface area contributed by atoms with Gasteiger partial charge in [-0.25, -0.2) is 0 Å². The van der Waals surface area contributed by atoms with E-state index in [1.165, 1.54) is 16.4 Å². The molecular formula is C7H22N2O3Si. The van der Waals surface area contributed by atoms with E-state index in [1.807, 2.05) is 0 Å². The molecule has 0 aliphatic heterocycles. The van der Waals surface area contributed by atoms with E-state index in [4.69, 9.17) is 21.1 Å². The summed E-state index contributed by atoms with van der Waals surface area (Å²) in [6.07, 6.45) is 1.28. The first-order valence-electron chi connectivity index (χ1n) is 4.22. The van der Waals surface area contributed by atoms with Crippen LogP contribution in [0.15, 0.2) is 0 Å². The number of nitrogens with zero attached hydrogens (tertiary/aromatic N) is 1. The van der Waals surface area contributed by atoms with Crippen molar-refractivity contribution in [2.24, 2.45) is 5.73 Å². The number of hydrogen-bond donors (Lipinski definition) is 4. The Hall–Kier alpha value is 0.0169. The van der Waals surface area contributed by atoms with E-state index < -0.39 is 25.4 Å². The maximum Gasteiger partial charge on any atom is 0.0856 e. The van der Waals surface area contributed by atoms with E-state index in [0.29, 0.717) is 0 Å². The Labute approximate surface area is 82.6 Å². The summed E-state index contributed by atoms with van der Waals surface area (Å²) in [5.41, 5.74) is 3.94. The van der Waals surface area contributed by atoms with E-state index in [1.54, 1.807) is 0 Å². The Morgan fingerprint density at radius 2 is 1.38 bits per heavy atom. The molecule has 0 saturated carbocycles. The zero-order valence-corrected chi connectivity index (χ0v) is 10.7. The summed E-state index contributed by atoms with van der Waals surface area (Å²) in [6.45, 7) is -1.21. The molecule has 13 heavy (non-hydrogen) atoms. The van der Waals surface area contributed by atoms with Crippen molar-refractivity contribution >= 4 is 10.2 Å². The minimum absolute atomic E-state index is 0.403. The normalized spacial score (nSPS) is 11.3. The van der Waals surface area contributed by atoms with Gasteiger partial charge in [-0.1, -0.05) is 0 Å². The van der Waals surface area contributed by atoms with E-state index in [0.717, 1.165) is 0 Å². The fraction of sp³-hybridized carbons (Fsp3) is 1.00. The molecule has 0 radical (unpaired) electrons. The number of nitrogens with two attached hydrogens (primary N) is 1. The maximum atomic E-state index is 8.34. The third kappa shape index (κ3) is 9.93. The topological polar surface area (TPSA) is 90.0 Å². The maximum absolute atomic E-state index is 8.34.